The van der Waals surface area contributed by atoms with Crippen LogP contribution in [0.4, 0.5) is 11.4 Å². The van der Waals surface area contributed by atoms with E-state index in [1.165, 1.54) is 12.1 Å². The van der Waals surface area contributed by atoms with E-state index in [1.807, 2.05) is 0 Å². The van der Waals surface area contributed by atoms with Crippen LogP contribution in [0.15, 0.2) is 18.2 Å². The SMILES string of the molecule is O=C(Nc1cc([N+](=O)[O-])ccc1O)C1CCCCCN1. The number of non-ortho nitro benzene ring substituents is 1. The van der Waals surface area contributed by atoms with Gasteiger partial charge in [0, 0.05) is 12.1 Å². The van der Waals surface area contributed by atoms with Crippen molar-refractivity contribution in [3.8, 4) is 5.75 Å². The molecule has 1 aliphatic heterocycles. The number of nitro groups is 1. The molecule has 1 aromatic rings. The van der Waals surface area contributed by atoms with Crippen molar-refractivity contribution >= 4 is 17.3 Å². The second-order valence-electron chi connectivity index (χ2n) is 4.80. The van der Waals surface area contributed by atoms with Gasteiger partial charge in [0.1, 0.15) is 5.75 Å². The van der Waals surface area contributed by atoms with Crippen LogP contribution in [0.2, 0.25) is 0 Å². The van der Waals surface area contributed by atoms with Gasteiger partial charge in [0.15, 0.2) is 0 Å². The summed E-state index contributed by atoms with van der Waals surface area (Å²) in [5.41, 5.74) is -0.109. The van der Waals surface area contributed by atoms with Crippen LogP contribution in [0.1, 0.15) is 25.7 Å². The number of nitrogens with zero attached hydrogens (tertiary/aromatic N) is 1. The Labute approximate surface area is 116 Å². The predicted octanol–water partition coefficient (Wildman–Crippen LogP) is 1.77. The number of nitrogens with one attached hydrogen (secondary N) is 2. The van der Waals surface area contributed by atoms with Crippen molar-refractivity contribution in [2.24, 2.45) is 0 Å². The fourth-order valence-corrected chi connectivity index (χ4v) is 2.21. The first kappa shape index (κ1) is 14.3. The molecule has 1 aromatic carbocycles. The summed E-state index contributed by atoms with van der Waals surface area (Å²) in [6, 6.07) is 3.23. The first-order valence-corrected chi connectivity index (χ1v) is 6.59. The summed E-state index contributed by atoms with van der Waals surface area (Å²) in [5, 5.41) is 26.0. The summed E-state index contributed by atoms with van der Waals surface area (Å²) in [5.74, 6) is -0.458. The highest BCUT2D eigenvalue weighted by atomic mass is 16.6. The monoisotopic (exact) mass is 279 g/mol. The smallest absolute Gasteiger partial charge is 0.271 e. The number of phenolic OH excluding ortho intramolecular Hbond substituents is 1. The van der Waals surface area contributed by atoms with Gasteiger partial charge in [0.05, 0.1) is 16.7 Å². The van der Waals surface area contributed by atoms with Crippen molar-refractivity contribution in [1.29, 1.82) is 0 Å². The lowest BCUT2D eigenvalue weighted by Gasteiger charge is -2.16. The van der Waals surface area contributed by atoms with Gasteiger partial charge in [0.2, 0.25) is 5.91 Å². The van der Waals surface area contributed by atoms with E-state index in [-0.39, 0.29) is 29.1 Å². The zero-order chi connectivity index (χ0) is 14.5. The van der Waals surface area contributed by atoms with E-state index in [0.29, 0.717) is 0 Å². The third kappa shape index (κ3) is 3.45. The van der Waals surface area contributed by atoms with E-state index >= 15 is 0 Å². The highest BCUT2D eigenvalue weighted by Crippen LogP contribution is 2.28. The summed E-state index contributed by atoms with van der Waals surface area (Å²) < 4.78 is 0. The van der Waals surface area contributed by atoms with E-state index in [4.69, 9.17) is 0 Å². The summed E-state index contributed by atoms with van der Waals surface area (Å²) >= 11 is 0. The number of carbonyl (C=O) groups is 1. The predicted molar refractivity (Wildman–Crippen MR) is 73.6 cm³/mol. The van der Waals surface area contributed by atoms with Gasteiger partial charge in [-0.3, -0.25) is 14.9 Å². The molecule has 3 N–H and O–H groups in total. The minimum absolute atomic E-state index is 0.0650. The van der Waals surface area contributed by atoms with Crippen LogP contribution in [-0.2, 0) is 4.79 Å². The van der Waals surface area contributed by atoms with Gasteiger partial charge in [-0.05, 0) is 25.5 Å². The van der Waals surface area contributed by atoms with Gasteiger partial charge in [-0.2, -0.15) is 0 Å². The molecular weight excluding hydrogens is 262 g/mol. The van der Waals surface area contributed by atoms with E-state index < -0.39 is 4.92 Å². The summed E-state index contributed by atoms with van der Waals surface area (Å²) in [7, 11) is 0. The molecule has 1 amide bonds. The van der Waals surface area contributed by atoms with Crippen LogP contribution in [-0.4, -0.2) is 28.5 Å². The van der Waals surface area contributed by atoms with Gasteiger partial charge in [-0.25, -0.2) is 0 Å². The molecule has 0 bridgehead atoms. The van der Waals surface area contributed by atoms with Crippen molar-refractivity contribution in [3.63, 3.8) is 0 Å². The molecule has 0 aromatic heterocycles. The number of anilines is 1. The lowest BCUT2D eigenvalue weighted by molar-refractivity contribution is -0.384. The summed E-state index contributed by atoms with van der Waals surface area (Å²) in [6.45, 7) is 0.777. The minimum atomic E-state index is -0.570. The first-order valence-electron chi connectivity index (χ1n) is 6.59. The van der Waals surface area contributed by atoms with Crippen LogP contribution in [0, 0.1) is 10.1 Å². The van der Waals surface area contributed by atoms with Crippen LogP contribution in [0.5, 0.6) is 5.75 Å². The number of phenols is 1. The molecule has 1 saturated heterocycles. The van der Waals surface area contributed by atoms with Crippen molar-refractivity contribution in [2.45, 2.75) is 31.7 Å². The normalized spacial score (nSPS) is 19.1. The molecular formula is C13H17N3O4. The van der Waals surface area contributed by atoms with Crippen LogP contribution in [0.3, 0.4) is 0 Å². The number of rotatable bonds is 3. The Morgan fingerprint density at radius 3 is 2.95 bits per heavy atom. The average Bonchev–Trinajstić information content (AvgIpc) is 2.70. The van der Waals surface area contributed by atoms with Gasteiger partial charge in [-0.1, -0.05) is 12.8 Å². The molecule has 1 heterocycles. The Hall–Kier alpha value is -2.15. The number of nitro benzene ring substituents is 1. The molecule has 0 aliphatic carbocycles. The van der Waals surface area contributed by atoms with E-state index in [1.54, 1.807) is 0 Å². The number of hydrogen-bond donors (Lipinski definition) is 3. The number of aromatic hydroxyl groups is 1. The van der Waals surface area contributed by atoms with Gasteiger partial charge in [0.25, 0.3) is 5.69 Å². The molecule has 1 aliphatic rings. The maximum atomic E-state index is 12.1. The Kier molecular flexibility index (Phi) is 4.52. The van der Waals surface area contributed by atoms with E-state index in [9.17, 15) is 20.0 Å². The fourth-order valence-electron chi connectivity index (χ4n) is 2.21. The van der Waals surface area contributed by atoms with Crippen LogP contribution in [0.25, 0.3) is 0 Å². The Morgan fingerprint density at radius 1 is 1.40 bits per heavy atom. The molecule has 20 heavy (non-hydrogen) atoms. The molecule has 0 radical (unpaired) electrons. The first-order chi connectivity index (χ1) is 9.58. The Morgan fingerprint density at radius 2 is 2.20 bits per heavy atom. The zero-order valence-electron chi connectivity index (χ0n) is 11.0. The van der Waals surface area contributed by atoms with Crippen molar-refractivity contribution in [3.05, 3.63) is 28.3 Å². The van der Waals surface area contributed by atoms with Crippen molar-refractivity contribution in [2.75, 3.05) is 11.9 Å². The molecule has 7 heteroatoms. The fraction of sp³-hybridized carbons (Fsp3) is 0.462. The number of benzene rings is 1. The van der Waals surface area contributed by atoms with Crippen molar-refractivity contribution < 1.29 is 14.8 Å². The topological polar surface area (TPSA) is 104 Å². The number of carbonyl (C=O) groups excluding carboxylic acids is 1. The van der Waals surface area contributed by atoms with Crippen molar-refractivity contribution in [1.82, 2.24) is 5.32 Å². The lowest BCUT2D eigenvalue weighted by atomic mass is 10.1. The quantitative estimate of drug-likeness (QED) is 0.444. The van der Waals surface area contributed by atoms with Gasteiger partial charge in [-0.15, -0.1) is 0 Å². The third-order valence-electron chi connectivity index (χ3n) is 3.33. The molecule has 0 saturated carbocycles. The molecule has 1 unspecified atom stereocenters. The Balaban J connectivity index is 2.10. The summed E-state index contributed by atoms with van der Waals surface area (Å²) in [4.78, 5) is 22.2. The molecule has 2 rings (SSSR count). The Bertz CT molecular complexity index is 510. The van der Waals surface area contributed by atoms with E-state index in [0.717, 1.165) is 38.3 Å². The van der Waals surface area contributed by atoms with E-state index in [2.05, 4.69) is 10.6 Å². The van der Waals surface area contributed by atoms with Crippen LogP contribution < -0.4 is 10.6 Å². The number of amides is 1. The second kappa shape index (κ2) is 6.33. The molecule has 0 spiro atoms. The number of hydrogen-bond acceptors (Lipinski definition) is 5. The van der Waals surface area contributed by atoms with Crippen LogP contribution >= 0.6 is 0 Å². The highest BCUT2D eigenvalue weighted by Gasteiger charge is 2.21. The standard InChI is InChI=1S/C13H17N3O4/c17-12-6-5-9(16(19)20)8-11(12)15-13(18)10-4-2-1-3-7-14-10/h5-6,8,10,14,17H,1-4,7H2,(H,15,18). The third-order valence-corrected chi connectivity index (χ3v) is 3.33. The zero-order valence-corrected chi connectivity index (χ0v) is 11.0. The largest absolute Gasteiger partial charge is 0.506 e. The van der Waals surface area contributed by atoms with Gasteiger partial charge < -0.3 is 15.7 Å². The highest BCUT2D eigenvalue weighted by molar-refractivity contribution is 5.96. The lowest BCUT2D eigenvalue weighted by Crippen LogP contribution is -2.39. The van der Waals surface area contributed by atoms with Gasteiger partial charge >= 0.3 is 0 Å². The second-order valence-corrected chi connectivity index (χ2v) is 4.80. The molecule has 7 nitrogen and oxygen atoms in total. The average molecular weight is 279 g/mol. The molecule has 108 valence electrons. The minimum Gasteiger partial charge on any atom is -0.506 e. The molecule has 1 fully saturated rings. The molecule has 1 atom stereocenters. The maximum absolute atomic E-state index is 12.1. The summed E-state index contributed by atoms with van der Waals surface area (Å²) in [6.07, 6.45) is 3.80. The maximum Gasteiger partial charge on any atom is 0.271 e.